The van der Waals surface area contributed by atoms with Crippen LogP contribution in [-0.4, -0.2) is 30.3 Å². The van der Waals surface area contributed by atoms with Gasteiger partial charge in [-0.15, -0.1) is 0 Å². The highest BCUT2D eigenvalue weighted by Gasteiger charge is 2.27. The smallest absolute Gasteiger partial charge is 0.149 e. The van der Waals surface area contributed by atoms with E-state index in [4.69, 9.17) is 0 Å². The van der Waals surface area contributed by atoms with E-state index in [1.54, 1.807) is 0 Å². The fourth-order valence-corrected chi connectivity index (χ4v) is 3.37. The molecule has 2 aliphatic rings. The third-order valence-corrected chi connectivity index (χ3v) is 4.77. The quantitative estimate of drug-likeness (QED) is 0.749. The Morgan fingerprint density at radius 2 is 1.71 bits per heavy atom. The number of rotatable bonds is 4. The topological polar surface area (TPSA) is 20.3 Å². The Morgan fingerprint density at radius 3 is 2.24 bits per heavy atom. The molecule has 0 atom stereocenters. The van der Waals surface area contributed by atoms with E-state index in [1.807, 2.05) is 0 Å². The van der Waals surface area contributed by atoms with E-state index in [1.165, 1.54) is 25.7 Å². The summed E-state index contributed by atoms with van der Waals surface area (Å²) in [6.07, 6.45) is 7.42. The second-order valence-corrected chi connectivity index (χ2v) is 6.31. The van der Waals surface area contributed by atoms with Crippen molar-refractivity contribution in [2.45, 2.75) is 52.4 Å². The van der Waals surface area contributed by atoms with Crippen LogP contribution in [-0.2, 0) is 4.79 Å². The van der Waals surface area contributed by atoms with E-state index in [2.05, 4.69) is 18.7 Å². The van der Waals surface area contributed by atoms with E-state index in [0.717, 1.165) is 44.3 Å². The van der Waals surface area contributed by atoms with E-state index in [0.29, 0.717) is 11.7 Å². The Labute approximate surface area is 106 Å². The monoisotopic (exact) mass is 237 g/mol. The van der Waals surface area contributed by atoms with Crippen molar-refractivity contribution >= 4 is 5.78 Å². The molecule has 2 fully saturated rings. The normalized spacial score (nSPS) is 24.6. The molecule has 0 aromatic rings. The van der Waals surface area contributed by atoms with Crippen LogP contribution in [0.2, 0.25) is 0 Å². The van der Waals surface area contributed by atoms with Crippen LogP contribution in [0.4, 0.5) is 0 Å². The van der Waals surface area contributed by atoms with Crippen molar-refractivity contribution in [2.24, 2.45) is 17.8 Å². The van der Waals surface area contributed by atoms with Crippen molar-refractivity contribution in [3.8, 4) is 0 Å². The molecule has 2 heteroatoms. The van der Waals surface area contributed by atoms with Crippen LogP contribution in [0.3, 0.4) is 0 Å². The summed E-state index contributed by atoms with van der Waals surface area (Å²) in [7, 11) is 0. The lowest BCUT2D eigenvalue weighted by atomic mass is 9.86. The molecule has 98 valence electrons. The van der Waals surface area contributed by atoms with Gasteiger partial charge in [-0.2, -0.15) is 0 Å². The number of nitrogens with zero attached hydrogens (tertiary/aromatic N) is 1. The molecule has 1 aliphatic heterocycles. The molecular weight excluding hydrogens is 210 g/mol. The van der Waals surface area contributed by atoms with E-state index >= 15 is 0 Å². The van der Waals surface area contributed by atoms with Gasteiger partial charge in [0.1, 0.15) is 5.78 Å². The lowest BCUT2D eigenvalue weighted by molar-refractivity contribution is -0.124. The molecule has 0 N–H and O–H groups in total. The zero-order valence-corrected chi connectivity index (χ0v) is 11.5. The highest BCUT2D eigenvalue weighted by atomic mass is 16.1. The molecule has 0 radical (unpaired) electrons. The summed E-state index contributed by atoms with van der Waals surface area (Å²) in [5.74, 6) is 2.61. The van der Waals surface area contributed by atoms with Crippen LogP contribution in [0.5, 0.6) is 0 Å². The van der Waals surface area contributed by atoms with Gasteiger partial charge in [0.2, 0.25) is 0 Å². The number of hydrogen-bond acceptors (Lipinski definition) is 2. The van der Waals surface area contributed by atoms with Crippen molar-refractivity contribution in [1.29, 1.82) is 0 Å². The average Bonchev–Trinajstić information content (AvgIpc) is 2.83. The molecule has 1 aliphatic carbocycles. The minimum absolute atomic E-state index is 0.401. The lowest BCUT2D eigenvalue weighted by Crippen LogP contribution is -2.39. The van der Waals surface area contributed by atoms with Gasteiger partial charge in [-0.25, -0.2) is 0 Å². The van der Waals surface area contributed by atoms with E-state index in [9.17, 15) is 4.79 Å². The van der Waals surface area contributed by atoms with Crippen molar-refractivity contribution in [1.82, 2.24) is 4.90 Å². The molecule has 17 heavy (non-hydrogen) atoms. The zero-order valence-electron chi connectivity index (χ0n) is 11.5. The summed E-state index contributed by atoms with van der Waals surface area (Å²) in [4.78, 5) is 14.5. The molecule has 0 bridgehead atoms. The Hall–Kier alpha value is -0.370. The average molecular weight is 237 g/mol. The molecule has 0 spiro atoms. The fourth-order valence-electron chi connectivity index (χ4n) is 3.37. The summed E-state index contributed by atoms with van der Waals surface area (Å²) in [5.41, 5.74) is 0. The Morgan fingerprint density at radius 1 is 1.12 bits per heavy atom. The fraction of sp³-hybridized carbons (Fsp3) is 0.933. The highest BCUT2D eigenvalue weighted by molar-refractivity contribution is 5.83. The van der Waals surface area contributed by atoms with Crippen molar-refractivity contribution < 1.29 is 4.79 Å². The molecule has 2 nitrogen and oxygen atoms in total. The van der Waals surface area contributed by atoms with Gasteiger partial charge in [0.25, 0.3) is 0 Å². The van der Waals surface area contributed by atoms with Crippen LogP contribution in [0, 0.1) is 17.8 Å². The maximum Gasteiger partial charge on any atom is 0.149 e. The molecule has 0 aromatic carbocycles. The number of Topliss-reactive ketones (excluding diaryl/α,β-unsaturated/α-hetero) is 1. The lowest BCUT2D eigenvalue weighted by Gasteiger charge is -2.33. The Balaban J connectivity index is 1.72. The summed E-state index contributed by atoms with van der Waals surface area (Å²) in [6.45, 7) is 7.66. The molecule has 0 aromatic heterocycles. The van der Waals surface area contributed by atoms with Gasteiger partial charge in [0.05, 0.1) is 6.54 Å². The SMILES string of the molecule is CC(C)C1CCN(CC(=O)C2CCCC2)CC1. The predicted octanol–water partition coefficient (Wildman–Crippen LogP) is 3.11. The second-order valence-electron chi connectivity index (χ2n) is 6.31. The minimum Gasteiger partial charge on any atom is -0.298 e. The van der Waals surface area contributed by atoms with Crippen LogP contribution >= 0.6 is 0 Å². The van der Waals surface area contributed by atoms with E-state index < -0.39 is 0 Å². The molecule has 2 rings (SSSR count). The van der Waals surface area contributed by atoms with Gasteiger partial charge in [0, 0.05) is 5.92 Å². The van der Waals surface area contributed by atoms with Gasteiger partial charge in [-0.05, 0) is 50.6 Å². The van der Waals surface area contributed by atoms with Crippen molar-refractivity contribution in [2.75, 3.05) is 19.6 Å². The van der Waals surface area contributed by atoms with Gasteiger partial charge >= 0.3 is 0 Å². The zero-order chi connectivity index (χ0) is 12.3. The standard InChI is InChI=1S/C15H27NO/c1-12(2)13-7-9-16(10-8-13)11-15(17)14-5-3-4-6-14/h12-14H,3-11H2,1-2H3. The minimum atomic E-state index is 0.401. The first kappa shape index (κ1) is 13.1. The molecular formula is C15H27NO. The maximum atomic E-state index is 12.1. The summed E-state index contributed by atoms with van der Waals surface area (Å²) in [6, 6.07) is 0. The first-order valence-corrected chi connectivity index (χ1v) is 7.42. The third-order valence-electron chi connectivity index (χ3n) is 4.77. The number of carbonyl (C=O) groups excluding carboxylic acids is 1. The van der Waals surface area contributed by atoms with Gasteiger partial charge in [-0.3, -0.25) is 9.69 Å². The second kappa shape index (κ2) is 5.99. The summed E-state index contributed by atoms with van der Waals surface area (Å²) >= 11 is 0. The van der Waals surface area contributed by atoms with Crippen LogP contribution in [0.15, 0.2) is 0 Å². The van der Waals surface area contributed by atoms with Gasteiger partial charge in [0.15, 0.2) is 0 Å². The number of ketones is 1. The first-order valence-electron chi connectivity index (χ1n) is 7.42. The van der Waals surface area contributed by atoms with Gasteiger partial charge < -0.3 is 0 Å². The molecule has 1 saturated carbocycles. The summed E-state index contributed by atoms with van der Waals surface area (Å²) in [5, 5.41) is 0. The molecule has 0 amide bonds. The van der Waals surface area contributed by atoms with E-state index in [-0.39, 0.29) is 0 Å². The van der Waals surface area contributed by atoms with Crippen LogP contribution < -0.4 is 0 Å². The van der Waals surface area contributed by atoms with Crippen molar-refractivity contribution in [3.63, 3.8) is 0 Å². The van der Waals surface area contributed by atoms with Crippen LogP contribution in [0.25, 0.3) is 0 Å². The maximum absolute atomic E-state index is 12.1. The van der Waals surface area contributed by atoms with Crippen LogP contribution in [0.1, 0.15) is 52.4 Å². The third kappa shape index (κ3) is 3.54. The molecule has 0 unspecified atom stereocenters. The largest absolute Gasteiger partial charge is 0.298 e. The Bertz CT molecular complexity index is 248. The van der Waals surface area contributed by atoms with Gasteiger partial charge in [-0.1, -0.05) is 26.7 Å². The number of piperidine rings is 1. The predicted molar refractivity (Wildman–Crippen MR) is 71.0 cm³/mol. The summed E-state index contributed by atoms with van der Waals surface area (Å²) < 4.78 is 0. The first-order chi connectivity index (χ1) is 8.16. The number of likely N-dealkylation sites (tertiary alicyclic amines) is 1. The molecule has 1 heterocycles. The number of hydrogen-bond donors (Lipinski definition) is 0. The van der Waals surface area contributed by atoms with Crippen molar-refractivity contribution in [3.05, 3.63) is 0 Å². The highest BCUT2D eigenvalue weighted by Crippen LogP contribution is 2.27. The number of carbonyl (C=O) groups is 1. The molecule has 1 saturated heterocycles. The Kier molecular flexibility index (Phi) is 4.61.